The fourth-order valence-electron chi connectivity index (χ4n) is 1.69. The molecule has 0 N–H and O–H groups in total. The molecular formula is C12H17NO2S. The van der Waals surface area contributed by atoms with Crippen LogP contribution in [0.1, 0.15) is 32.4 Å². The molecule has 0 bridgehead atoms. The van der Waals surface area contributed by atoms with Crippen molar-refractivity contribution in [1.82, 2.24) is 4.31 Å². The van der Waals surface area contributed by atoms with Crippen LogP contribution in [0.25, 0.3) is 0 Å². The van der Waals surface area contributed by atoms with E-state index in [4.69, 9.17) is 0 Å². The average Bonchev–Trinajstić information content (AvgIpc) is 2.97. The van der Waals surface area contributed by atoms with Gasteiger partial charge in [0.1, 0.15) is 0 Å². The Morgan fingerprint density at radius 3 is 2.25 bits per heavy atom. The smallest absolute Gasteiger partial charge is 0.212 e. The van der Waals surface area contributed by atoms with Crippen LogP contribution in [0.3, 0.4) is 0 Å². The van der Waals surface area contributed by atoms with Crippen molar-refractivity contribution < 1.29 is 8.42 Å². The topological polar surface area (TPSA) is 37.1 Å². The van der Waals surface area contributed by atoms with E-state index in [1.54, 1.807) is 25.1 Å². The van der Waals surface area contributed by atoms with E-state index in [0.29, 0.717) is 6.54 Å². The molecule has 88 valence electrons. The molecule has 3 nitrogen and oxygen atoms in total. The zero-order valence-corrected chi connectivity index (χ0v) is 10.7. The van der Waals surface area contributed by atoms with Gasteiger partial charge < -0.3 is 0 Å². The number of hydrogen-bond donors (Lipinski definition) is 0. The van der Waals surface area contributed by atoms with Crippen molar-refractivity contribution in [2.24, 2.45) is 0 Å². The highest BCUT2D eigenvalue weighted by Gasteiger charge is 2.49. The quantitative estimate of drug-likeness (QED) is 0.742. The lowest BCUT2D eigenvalue weighted by Crippen LogP contribution is -2.33. The minimum absolute atomic E-state index is 0.0467. The first kappa shape index (κ1) is 11.6. The van der Waals surface area contributed by atoms with Gasteiger partial charge in [0.2, 0.25) is 10.0 Å². The first-order valence-corrected chi connectivity index (χ1v) is 6.84. The SMILES string of the molecule is CC(C)(C)S(=O)(=O)N1C[C@H]1c1ccccc1. The fourth-order valence-corrected chi connectivity index (χ4v) is 3.19. The summed E-state index contributed by atoms with van der Waals surface area (Å²) in [5, 5.41) is 0. The first-order valence-electron chi connectivity index (χ1n) is 5.40. The summed E-state index contributed by atoms with van der Waals surface area (Å²) < 4.78 is 25.1. The van der Waals surface area contributed by atoms with Gasteiger partial charge in [-0.3, -0.25) is 0 Å². The lowest BCUT2D eigenvalue weighted by Gasteiger charge is -2.20. The Kier molecular flexibility index (Phi) is 2.59. The minimum atomic E-state index is -3.17. The summed E-state index contributed by atoms with van der Waals surface area (Å²) in [6.45, 7) is 5.83. The predicted molar refractivity (Wildman–Crippen MR) is 64.6 cm³/mol. The maximum absolute atomic E-state index is 12.1. The molecule has 0 radical (unpaired) electrons. The third kappa shape index (κ3) is 1.87. The summed E-state index contributed by atoms with van der Waals surface area (Å²) in [5.74, 6) is 0. The van der Waals surface area contributed by atoms with E-state index in [0.717, 1.165) is 5.56 Å². The molecule has 1 aliphatic heterocycles. The highest BCUT2D eigenvalue weighted by atomic mass is 32.2. The highest BCUT2D eigenvalue weighted by molar-refractivity contribution is 7.90. The van der Waals surface area contributed by atoms with E-state index in [2.05, 4.69) is 0 Å². The fraction of sp³-hybridized carbons (Fsp3) is 0.500. The van der Waals surface area contributed by atoms with Crippen molar-refractivity contribution in [3.8, 4) is 0 Å². The van der Waals surface area contributed by atoms with Crippen LogP contribution in [0.2, 0.25) is 0 Å². The lowest BCUT2D eigenvalue weighted by molar-refractivity contribution is 0.517. The highest BCUT2D eigenvalue weighted by Crippen LogP contribution is 2.41. The number of rotatable bonds is 2. The van der Waals surface area contributed by atoms with Crippen molar-refractivity contribution in [2.45, 2.75) is 31.6 Å². The van der Waals surface area contributed by atoms with E-state index in [1.807, 2.05) is 30.3 Å². The number of sulfonamides is 1. The molecule has 1 fully saturated rings. The minimum Gasteiger partial charge on any atom is -0.212 e. The molecule has 1 aromatic carbocycles. The maximum atomic E-state index is 12.1. The summed E-state index contributed by atoms with van der Waals surface area (Å²) in [4.78, 5) is 0. The zero-order valence-electron chi connectivity index (χ0n) is 9.84. The second-order valence-corrected chi connectivity index (χ2v) is 7.76. The molecule has 2 rings (SSSR count). The molecule has 0 spiro atoms. The van der Waals surface area contributed by atoms with Crippen molar-refractivity contribution in [1.29, 1.82) is 0 Å². The van der Waals surface area contributed by atoms with E-state index < -0.39 is 14.8 Å². The third-order valence-corrected chi connectivity index (χ3v) is 5.40. The Labute approximate surface area is 97.1 Å². The number of benzene rings is 1. The Hall–Kier alpha value is -0.870. The first-order chi connectivity index (χ1) is 7.34. The number of nitrogens with zero attached hydrogens (tertiary/aromatic N) is 1. The molecule has 2 atom stereocenters. The lowest BCUT2D eigenvalue weighted by atomic mass is 10.2. The summed E-state index contributed by atoms with van der Waals surface area (Å²) in [5.41, 5.74) is 1.08. The van der Waals surface area contributed by atoms with Gasteiger partial charge in [0.25, 0.3) is 0 Å². The van der Waals surface area contributed by atoms with Gasteiger partial charge in [-0.1, -0.05) is 30.3 Å². The van der Waals surface area contributed by atoms with Crippen LogP contribution >= 0.6 is 0 Å². The van der Waals surface area contributed by atoms with Gasteiger partial charge in [-0.15, -0.1) is 0 Å². The number of hydrogen-bond acceptors (Lipinski definition) is 2. The van der Waals surface area contributed by atoms with Crippen molar-refractivity contribution in [3.63, 3.8) is 0 Å². The van der Waals surface area contributed by atoms with Gasteiger partial charge in [0.15, 0.2) is 0 Å². The summed E-state index contributed by atoms with van der Waals surface area (Å²) in [7, 11) is -3.17. The molecule has 0 aromatic heterocycles. The molecule has 1 unspecified atom stereocenters. The normalized spacial score (nSPS) is 25.4. The summed E-state index contributed by atoms with van der Waals surface area (Å²) in [6.07, 6.45) is 0. The Bertz CT molecular complexity index is 473. The molecule has 1 aromatic rings. The van der Waals surface area contributed by atoms with Crippen LogP contribution in [0, 0.1) is 0 Å². The van der Waals surface area contributed by atoms with Crippen LogP contribution in [0.15, 0.2) is 30.3 Å². The van der Waals surface area contributed by atoms with Gasteiger partial charge in [-0.2, -0.15) is 4.31 Å². The van der Waals surface area contributed by atoms with Gasteiger partial charge in [0.05, 0.1) is 10.8 Å². The van der Waals surface area contributed by atoms with Crippen molar-refractivity contribution in [2.75, 3.05) is 6.54 Å². The van der Waals surface area contributed by atoms with Crippen LogP contribution < -0.4 is 0 Å². The summed E-state index contributed by atoms with van der Waals surface area (Å²) >= 11 is 0. The molecule has 16 heavy (non-hydrogen) atoms. The molecule has 0 saturated carbocycles. The van der Waals surface area contributed by atoms with E-state index in [9.17, 15) is 8.42 Å². The Balaban J connectivity index is 2.20. The van der Waals surface area contributed by atoms with E-state index in [1.165, 1.54) is 0 Å². The maximum Gasteiger partial charge on any atom is 0.219 e. The largest absolute Gasteiger partial charge is 0.219 e. The molecule has 1 saturated heterocycles. The monoisotopic (exact) mass is 239 g/mol. The van der Waals surface area contributed by atoms with Gasteiger partial charge >= 0.3 is 0 Å². The van der Waals surface area contributed by atoms with E-state index >= 15 is 0 Å². The Morgan fingerprint density at radius 2 is 1.75 bits per heavy atom. The van der Waals surface area contributed by atoms with Gasteiger partial charge in [-0.05, 0) is 26.3 Å². The molecule has 0 amide bonds. The predicted octanol–water partition coefficient (Wildman–Crippen LogP) is 2.17. The molecule has 4 heteroatoms. The van der Waals surface area contributed by atoms with Crippen molar-refractivity contribution >= 4 is 10.0 Å². The van der Waals surface area contributed by atoms with Crippen LogP contribution in [0.5, 0.6) is 0 Å². The second-order valence-electron chi connectivity index (χ2n) is 5.11. The van der Waals surface area contributed by atoms with Crippen LogP contribution in [0.4, 0.5) is 0 Å². The molecular weight excluding hydrogens is 222 g/mol. The zero-order chi connectivity index (χ0) is 12.0. The second kappa shape index (κ2) is 3.57. The molecule has 1 aliphatic rings. The average molecular weight is 239 g/mol. The van der Waals surface area contributed by atoms with Gasteiger partial charge in [0, 0.05) is 6.54 Å². The van der Waals surface area contributed by atoms with Crippen LogP contribution in [-0.4, -0.2) is 24.0 Å². The molecule has 1 heterocycles. The standard InChI is InChI=1S/C12H17NO2S/c1-12(2,3)16(14,15)13-9-11(13)10-7-5-4-6-8-10/h4-8,11H,9H2,1-3H3/t11-,13?/m0/s1. The third-order valence-electron chi connectivity index (χ3n) is 2.83. The Morgan fingerprint density at radius 1 is 1.19 bits per heavy atom. The van der Waals surface area contributed by atoms with E-state index in [-0.39, 0.29) is 6.04 Å². The van der Waals surface area contributed by atoms with Gasteiger partial charge in [-0.25, -0.2) is 8.42 Å². The molecule has 0 aliphatic carbocycles. The summed E-state index contributed by atoms with van der Waals surface area (Å²) in [6, 6.07) is 9.82. The van der Waals surface area contributed by atoms with Crippen molar-refractivity contribution in [3.05, 3.63) is 35.9 Å². The van der Waals surface area contributed by atoms with Crippen LogP contribution in [-0.2, 0) is 10.0 Å².